The molecule has 0 radical (unpaired) electrons. The third kappa shape index (κ3) is 5.31. The minimum absolute atomic E-state index is 0.0549. The maximum absolute atomic E-state index is 12.7. The molecule has 178 valence electrons. The number of likely N-dealkylation sites (N-methyl/N-ethyl adjacent to an activating group) is 1. The third-order valence-electron chi connectivity index (χ3n) is 6.03. The Morgan fingerprint density at radius 1 is 1.00 bits per heavy atom. The lowest BCUT2D eigenvalue weighted by molar-refractivity contribution is 0.0664. The molecule has 0 spiro atoms. The van der Waals surface area contributed by atoms with Gasteiger partial charge in [0.1, 0.15) is 10.7 Å². The van der Waals surface area contributed by atoms with E-state index in [0.717, 1.165) is 48.0 Å². The molecule has 1 saturated heterocycles. The van der Waals surface area contributed by atoms with Crippen molar-refractivity contribution in [3.63, 3.8) is 0 Å². The monoisotopic (exact) mass is 486 g/mol. The highest BCUT2D eigenvalue weighted by Gasteiger charge is 2.20. The van der Waals surface area contributed by atoms with Gasteiger partial charge >= 0.3 is 0 Å². The fourth-order valence-electron chi connectivity index (χ4n) is 3.90. The summed E-state index contributed by atoms with van der Waals surface area (Å²) < 4.78 is 1.79. The average Bonchev–Trinajstić information content (AvgIpc) is 3.59. The summed E-state index contributed by atoms with van der Waals surface area (Å²) >= 11 is 1.41. The van der Waals surface area contributed by atoms with Gasteiger partial charge in [0.15, 0.2) is 0 Å². The second-order valence-corrected chi connectivity index (χ2v) is 9.38. The highest BCUT2D eigenvalue weighted by molar-refractivity contribution is 7.13. The lowest BCUT2D eigenvalue weighted by Gasteiger charge is -2.32. The lowest BCUT2D eigenvalue weighted by atomic mass is 10.1. The molecule has 2 aromatic carbocycles. The molecular weight excluding hydrogens is 460 g/mol. The maximum atomic E-state index is 12.7. The summed E-state index contributed by atoms with van der Waals surface area (Å²) in [4.78, 5) is 33.9. The number of nitrogens with one attached hydrogen (secondary N) is 1. The second-order valence-electron chi connectivity index (χ2n) is 8.52. The minimum atomic E-state index is -0.236. The average molecular weight is 487 g/mol. The first-order valence-electron chi connectivity index (χ1n) is 11.5. The Bertz CT molecular complexity index is 1310. The number of nitrogens with zero attached hydrogens (tertiary/aromatic N) is 5. The molecule has 5 rings (SSSR count). The van der Waals surface area contributed by atoms with E-state index in [4.69, 9.17) is 0 Å². The Morgan fingerprint density at radius 3 is 2.49 bits per heavy atom. The van der Waals surface area contributed by atoms with Crippen molar-refractivity contribution in [2.45, 2.75) is 6.54 Å². The number of hydrogen-bond acceptors (Lipinski definition) is 6. The van der Waals surface area contributed by atoms with Crippen LogP contribution in [0, 0.1) is 0 Å². The fraction of sp³-hybridized carbons (Fsp3) is 0.231. The van der Waals surface area contributed by atoms with Gasteiger partial charge in [-0.2, -0.15) is 5.10 Å². The second kappa shape index (κ2) is 10.2. The van der Waals surface area contributed by atoms with Crippen molar-refractivity contribution in [1.82, 2.24) is 29.9 Å². The first kappa shape index (κ1) is 22.9. The van der Waals surface area contributed by atoms with Crippen LogP contribution >= 0.6 is 11.3 Å². The highest BCUT2D eigenvalue weighted by Crippen LogP contribution is 2.24. The van der Waals surface area contributed by atoms with Gasteiger partial charge in [-0.05, 0) is 36.9 Å². The van der Waals surface area contributed by atoms with E-state index in [1.54, 1.807) is 16.3 Å². The molecular formula is C26H26N6O2S. The number of hydrogen-bond donors (Lipinski definition) is 1. The zero-order valence-corrected chi connectivity index (χ0v) is 20.2. The molecule has 2 aromatic heterocycles. The van der Waals surface area contributed by atoms with E-state index < -0.39 is 0 Å². The molecule has 4 aromatic rings. The first-order chi connectivity index (χ1) is 17.1. The van der Waals surface area contributed by atoms with Crippen molar-refractivity contribution in [3.8, 4) is 16.3 Å². The van der Waals surface area contributed by atoms with Crippen molar-refractivity contribution in [3.05, 3.63) is 89.2 Å². The van der Waals surface area contributed by atoms with Crippen molar-refractivity contribution >= 4 is 23.2 Å². The lowest BCUT2D eigenvalue weighted by Crippen LogP contribution is -2.47. The van der Waals surface area contributed by atoms with E-state index in [-0.39, 0.29) is 11.8 Å². The molecule has 9 heteroatoms. The van der Waals surface area contributed by atoms with Crippen LogP contribution in [0.15, 0.2) is 72.4 Å². The molecule has 3 heterocycles. The molecule has 1 aliphatic rings. The summed E-state index contributed by atoms with van der Waals surface area (Å²) in [5.41, 5.74) is 3.79. The van der Waals surface area contributed by atoms with Gasteiger partial charge in [0.05, 0.1) is 11.9 Å². The summed E-state index contributed by atoms with van der Waals surface area (Å²) in [6, 6.07) is 17.3. The largest absolute Gasteiger partial charge is 0.347 e. The quantitative estimate of drug-likeness (QED) is 0.452. The Balaban J connectivity index is 1.17. The Labute approximate surface area is 207 Å². The van der Waals surface area contributed by atoms with Gasteiger partial charge in [0, 0.05) is 55.4 Å². The van der Waals surface area contributed by atoms with E-state index in [0.29, 0.717) is 17.8 Å². The number of piperazine rings is 1. The summed E-state index contributed by atoms with van der Waals surface area (Å²) in [5.74, 6) is -0.181. The number of para-hydroxylation sites is 1. The SMILES string of the molecule is CN1CCN(C(=O)c2ccc(CNC(=O)c3csc(-c4cnn(-c5ccccc5)c4)n3)cc2)CC1. The highest BCUT2D eigenvalue weighted by atomic mass is 32.1. The molecule has 1 fully saturated rings. The predicted molar refractivity (Wildman–Crippen MR) is 136 cm³/mol. The van der Waals surface area contributed by atoms with E-state index in [2.05, 4.69) is 27.3 Å². The van der Waals surface area contributed by atoms with Crippen molar-refractivity contribution in [2.75, 3.05) is 33.2 Å². The molecule has 2 amide bonds. The number of rotatable bonds is 6. The molecule has 0 bridgehead atoms. The van der Waals surface area contributed by atoms with E-state index in [1.807, 2.05) is 65.7 Å². The number of benzene rings is 2. The molecule has 8 nitrogen and oxygen atoms in total. The zero-order chi connectivity index (χ0) is 24.2. The number of aromatic nitrogens is 3. The fourth-order valence-corrected chi connectivity index (χ4v) is 4.67. The molecule has 35 heavy (non-hydrogen) atoms. The first-order valence-corrected chi connectivity index (χ1v) is 12.4. The Kier molecular flexibility index (Phi) is 6.69. The molecule has 0 atom stereocenters. The number of amides is 2. The normalized spacial score (nSPS) is 14.1. The van der Waals surface area contributed by atoms with E-state index in [9.17, 15) is 9.59 Å². The van der Waals surface area contributed by atoms with Crippen molar-refractivity contribution in [2.24, 2.45) is 0 Å². The smallest absolute Gasteiger partial charge is 0.271 e. The van der Waals surface area contributed by atoms with Crippen LogP contribution in [-0.2, 0) is 6.54 Å². The zero-order valence-electron chi connectivity index (χ0n) is 19.4. The standard InChI is InChI=1S/C26H26N6O2S/c1-30-11-13-31(14-12-30)26(34)20-9-7-19(8-10-20)15-27-24(33)23-18-35-25(29-23)21-16-28-32(17-21)22-5-3-2-4-6-22/h2-10,16-18H,11-15H2,1H3,(H,27,33). The van der Waals surface area contributed by atoms with Crippen LogP contribution in [-0.4, -0.2) is 69.6 Å². The summed E-state index contributed by atoms with van der Waals surface area (Å²) in [5, 5.41) is 9.80. The van der Waals surface area contributed by atoms with E-state index in [1.165, 1.54) is 11.3 Å². The molecule has 1 aliphatic heterocycles. The van der Waals surface area contributed by atoms with Gasteiger partial charge in [-0.25, -0.2) is 9.67 Å². The van der Waals surface area contributed by atoms with Gasteiger partial charge in [-0.15, -0.1) is 11.3 Å². The minimum Gasteiger partial charge on any atom is -0.347 e. The van der Waals surface area contributed by atoms with Crippen LogP contribution in [0.3, 0.4) is 0 Å². The number of carbonyl (C=O) groups excluding carboxylic acids is 2. The Morgan fingerprint density at radius 2 is 1.74 bits per heavy atom. The van der Waals surface area contributed by atoms with Crippen molar-refractivity contribution in [1.29, 1.82) is 0 Å². The molecule has 1 N–H and O–H groups in total. The van der Waals surface area contributed by atoms with E-state index >= 15 is 0 Å². The summed E-state index contributed by atoms with van der Waals surface area (Å²) in [6.07, 6.45) is 3.65. The predicted octanol–water partition coefficient (Wildman–Crippen LogP) is 3.31. The van der Waals surface area contributed by atoms with Gasteiger partial charge in [0.25, 0.3) is 11.8 Å². The van der Waals surface area contributed by atoms with Crippen LogP contribution in [0.1, 0.15) is 26.4 Å². The van der Waals surface area contributed by atoms with Gasteiger partial charge < -0.3 is 15.1 Å². The Hall–Kier alpha value is -3.82. The van der Waals surface area contributed by atoms with Crippen LogP contribution in [0.5, 0.6) is 0 Å². The summed E-state index contributed by atoms with van der Waals surface area (Å²) in [7, 11) is 2.07. The van der Waals surface area contributed by atoms with Crippen LogP contribution in [0.25, 0.3) is 16.3 Å². The van der Waals surface area contributed by atoms with Gasteiger partial charge in [-0.1, -0.05) is 30.3 Å². The number of carbonyl (C=O) groups is 2. The van der Waals surface area contributed by atoms with Crippen LogP contribution in [0.2, 0.25) is 0 Å². The molecule has 0 unspecified atom stereocenters. The van der Waals surface area contributed by atoms with Crippen molar-refractivity contribution < 1.29 is 9.59 Å². The van der Waals surface area contributed by atoms with Gasteiger partial charge in [0.2, 0.25) is 0 Å². The summed E-state index contributed by atoms with van der Waals surface area (Å²) in [6.45, 7) is 3.64. The van der Waals surface area contributed by atoms with Gasteiger partial charge in [-0.3, -0.25) is 9.59 Å². The molecule has 0 aliphatic carbocycles. The van der Waals surface area contributed by atoms with Crippen LogP contribution in [0.4, 0.5) is 0 Å². The number of thiazole rings is 1. The third-order valence-corrected chi connectivity index (χ3v) is 6.92. The molecule has 0 saturated carbocycles. The van der Waals surface area contributed by atoms with Crippen LogP contribution < -0.4 is 5.32 Å². The maximum Gasteiger partial charge on any atom is 0.271 e. The topological polar surface area (TPSA) is 83.4 Å².